The number of hydrogen-bond acceptors (Lipinski definition) is 3. The molecule has 0 saturated heterocycles. The highest BCUT2D eigenvalue weighted by molar-refractivity contribution is 7.84. The van der Waals surface area contributed by atoms with E-state index in [1.54, 1.807) is 6.26 Å². The summed E-state index contributed by atoms with van der Waals surface area (Å²) >= 11 is 0. The second-order valence-corrected chi connectivity index (χ2v) is 4.52. The van der Waals surface area contributed by atoms with Gasteiger partial charge in [0, 0.05) is 35.0 Å². The highest BCUT2D eigenvalue weighted by atomic mass is 32.2. The Kier molecular flexibility index (Phi) is 15.1. The van der Waals surface area contributed by atoms with Gasteiger partial charge in [-0.1, -0.05) is 13.8 Å². The highest BCUT2D eigenvalue weighted by Crippen LogP contribution is 2.01. The van der Waals surface area contributed by atoms with Crippen molar-refractivity contribution in [1.29, 1.82) is 0 Å². The average molecular weight is 280 g/mol. The van der Waals surface area contributed by atoms with Crippen LogP contribution in [-0.4, -0.2) is 29.6 Å². The molecule has 0 bridgehead atoms. The number of alkyl halides is 1. The fourth-order valence-corrected chi connectivity index (χ4v) is 1.18. The predicted octanol–water partition coefficient (Wildman–Crippen LogP) is 2.32. The quantitative estimate of drug-likeness (QED) is 0.505. The molecular weight excluding hydrogens is 258 g/mol. The van der Waals surface area contributed by atoms with Crippen molar-refractivity contribution in [2.45, 2.75) is 13.8 Å². The molecule has 1 rings (SSSR count). The molecular formula is C12H22F2N2OS. The summed E-state index contributed by atoms with van der Waals surface area (Å²) in [6.07, 6.45) is 1.60. The van der Waals surface area contributed by atoms with Crippen LogP contribution in [0.3, 0.4) is 0 Å². The van der Waals surface area contributed by atoms with E-state index in [1.165, 1.54) is 24.3 Å². The van der Waals surface area contributed by atoms with Gasteiger partial charge in [-0.05, 0) is 24.3 Å². The summed E-state index contributed by atoms with van der Waals surface area (Å²) in [5.41, 5.74) is 5.85. The minimum Gasteiger partial charge on any atom is -0.399 e. The first kappa shape index (κ1) is 19.3. The smallest absolute Gasteiger partial charge is 0.140 e. The lowest BCUT2D eigenvalue weighted by molar-refractivity contribution is 0.435. The Labute approximate surface area is 110 Å². The van der Waals surface area contributed by atoms with Gasteiger partial charge < -0.3 is 5.73 Å². The summed E-state index contributed by atoms with van der Waals surface area (Å²) in [6.45, 7) is 3.97. The third-order valence-electron chi connectivity index (χ3n) is 1.53. The largest absolute Gasteiger partial charge is 0.399 e. The molecule has 0 aliphatic carbocycles. The van der Waals surface area contributed by atoms with Crippen LogP contribution >= 0.6 is 0 Å². The van der Waals surface area contributed by atoms with E-state index in [0.29, 0.717) is 18.0 Å². The Hall–Kier alpha value is -1.01. The Morgan fingerprint density at radius 2 is 1.78 bits per heavy atom. The van der Waals surface area contributed by atoms with Crippen LogP contribution in [0.4, 0.5) is 14.5 Å². The van der Waals surface area contributed by atoms with E-state index in [4.69, 9.17) is 5.73 Å². The summed E-state index contributed by atoms with van der Waals surface area (Å²) < 4.78 is 33.5. The van der Waals surface area contributed by atoms with Crippen LogP contribution in [0.15, 0.2) is 24.3 Å². The van der Waals surface area contributed by atoms with E-state index >= 15 is 0 Å². The summed E-state index contributed by atoms with van der Waals surface area (Å²) in [6, 6.07) is 5.70. The number of rotatable bonds is 4. The van der Waals surface area contributed by atoms with Gasteiger partial charge in [0.2, 0.25) is 0 Å². The summed E-state index contributed by atoms with van der Waals surface area (Å²) in [5, 5.41) is 2.42. The minimum absolute atomic E-state index is 0.251. The number of hydrogen-bond donors (Lipinski definition) is 2. The molecule has 0 aromatic heterocycles. The Bertz CT molecular complexity index is 286. The fourth-order valence-electron chi connectivity index (χ4n) is 0.745. The van der Waals surface area contributed by atoms with Crippen LogP contribution in [0.2, 0.25) is 0 Å². The third-order valence-corrected chi connectivity index (χ3v) is 2.31. The van der Waals surface area contributed by atoms with Crippen LogP contribution in [-0.2, 0) is 10.8 Å². The molecule has 0 spiro atoms. The van der Waals surface area contributed by atoms with Gasteiger partial charge in [0.1, 0.15) is 12.6 Å². The van der Waals surface area contributed by atoms with Crippen LogP contribution < -0.4 is 11.1 Å². The lowest BCUT2D eigenvalue weighted by Gasteiger charge is -1.93. The second kappa shape index (κ2) is 14.1. The molecule has 18 heavy (non-hydrogen) atoms. The Morgan fingerprint density at radius 1 is 1.28 bits per heavy atom. The summed E-state index contributed by atoms with van der Waals surface area (Å²) in [4.78, 5) is 0. The molecule has 0 aliphatic rings. The van der Waals surface area contributed by atoms with E-state index < -0.39 is 17.6 Å². The van der Waals surface area contributed by atoms with Gasteiger partial charge in [-0.3, -0.25) is 9.53 Å². The molecule has 0 heterocycles. The van der Waals surface area contributed by atoms with Gasteiger partial charge in [0.25, 0.3) is 0 Å². The molecule has 3 N–H and O–H groups in total. The molecule has 1 unspecified atom stereocenters. The second-order valence-electron chi connectivity index (χ2n) is 2.96. The van der Waals surface area contributed by atoms with E-state index in [0.717, 1.165) is 0 Å². The lowest BCUT2D eigenvalue weighted by Crippen LogP contribution is -2.18. The zero-order valence-electron chi connectivity index (χ0n) is 11.1. The first-order chi connectivity index (χ1) is 8.56. The molecule has 3 nitrogen and oxygen atoms in total. The standard InChI is InChI=1S/C6H6FN.C4H10FNOS.C2H6/c7-5-1-3-6(8)4-2-5;1-8(7)3-2-6-4-5;1-2/h1-4H,8H2;6H,2-4H2,1H3;1-2H3. The third kappa shape index (κ3) is 15.0. The van der Waals surface area contributed by atoms with Gasteiger partial charge in [-0.2, -0.15) is 0 Å². The Morgan fingerprint density at radius 3 is 2.11 bits per heavy atom. The predicted molar refractivity (Wildman–Crippen MR) is 75.1 cm³/mol. The van der Waals surface area contributed by atoms with Crippen LogP contribution in [0.1, 0.15) is 13.8 Å². The van der Waals surface area contributed by atoms with Gasteiger partial charge in [0.05, 0.1) is 0 Å². The topological polar surface area (TPSA) is 55.1 Å². The number of anilines is 1. The average Bonchev–Trinajstić information content (AvgIpc) is 2.36. The van der Waals surface area contributed by atoms with Crippen molar-refractivity contribution in [2.75, 3.05) is 31.1 Å². The molecule has 0 amide bonds. The summed E-state index contributed by atoms with van der Waals surface area (Å²) in [5.74, 6) is 0.281. The molecule has 0 aliphatic heterocycles. The maximum Gasteiger partial charge on any atom is 0.140 e. The van der Waals surface area contributed by atoms with Crippen molar-refractivity contribution in [1.82, 2.24) is 5.32 Å². The van der Waals surface area contributed by atoms with E-state index in [1.807, 2.05) is 13.8 Å². The molecule has 106 valence electrons. The number of nitrogens with one attached hydrogen (secondary N) is 1. The number of nitrogen functional groups attached to an aromatic ring is 1. The number of nitrogens with two attached hydrogens (primary N) is 1. The van der Waals surface area contributed by atoms with Crippen molar-refractivity contribution >= 4 is 16.5 Å². The highest BCUT2D eigenvalue weighted by Gasteiger charge is 1.87. The SMILES string of the molecule is CC.CS(=O)CCNCF.Nc1ccc(F)cc1. The van der Waals surface area contributed by atoms with Gasteiger partial charge >= 0.3 is 0 Å². The molecule has 0 saturated carbocycles. The molecule has 1 aromatic carbocycles. The van der Waals surface area contributed by atoms with Crippen molar-refractivity contribution in [3.63, 3.8) is 0 Å². The molecule has 1 atom stereocenters. The van der Waals surface area contributed by atoms with Crippen molar-refractivity contribution in [2.24, 2.45) is 0 Å². The normalized spacial score (nSPS) is 10.5. The van der Waals surface area contributed by atoms with Crippen molar-refractivity contribution in [3.05, 3.63) is 30.1 Å². The molecule has 0 fully saturated rings. The van der Waals surface area contributed by atoms with Gasteiger partial charge in [0.15, 0.2) is 0 Å². The number of benzene rings is 1. The van der Waals surface area contributed by atoms with Crippen molar-refractivity contribution in [3.8, 4) is 0 Å². The summed E-state index contributed by atoms with van der Waals surface area (Å²) in [7, 11) is -0.796. The molecule has 6 heteroatoms. The molecule has 1 aromatic rings. The number of halogens is 2. The molecule has 0 radical (unpaired) electrons. The zero-order valence-corrected chi connectivity index (χ0v) is 11.9. The zero-order chi connectivity index (χ0) is 14.4. The fraction of sp³-hybridized carbons (Fsp3) is 0.500. The Balaban J connectivity index is 0. The maximum atomic E-state index is 12.0. The van der Waals surface area contributed by atoms with Gasteiger partial charge in [-0.15, -0.1) is 0 Å². The maximum absolute atomic E-state index is 12.0. The van der Waals surface area contributed by atoms with E-state index in [9.17, 15) is 13.0 Å². The van der Waals surface area contributed by atoms with Crippen LogP contribution in [0.5, 0.6) is 0 Å². The van der Waals surface area contributed by atoms with Gasteiger partial charge in [-0.25, -0.2) is 8.78 Å². The van der Waals surface area contributed by atoms with Crippen LogP contribution in [0.25, 0.3) is 0 Å². The minimum atomic E-state index is -0.796. The lowest BCUT2D eigenvalue weighted by atomic mass is 10.3. The monoisotopic (exact) mass is 280 g/mol. The van der Waals surface area contributed by atoms with E-state index in [-0.39, 0.29) is 5.82 Å². The first-order valence-corrected chi connectivity index (χ1v) is 7.36. The van der Waals surface area contributed by atoms with Crippen molar-refractivity contribution < 1.29 is 13.0 Å². The first-order valence-electron chi connectivity index (χ1n) is 5.64. The van der Waals surface area contributed by atoms with E-state index in [2.05, 4.69) is 5.32 Å². The van der Waals surface area contributed by atoms with Crippen LogP contribution in [0, 0.1) is 5.82 Å².